The summed E-state index contributed by atoms with van der Waals surface area (Å²) in [4.78, 5) is 35.0. The fraction of sp³-hybridized carbons (Fsp3) is 0.417. The molecule has 0 bridgehead atoms. The molecule has 0 aliphatic rings. The van der Waals surface area contributed by atoms with Crippen LogP contribution < -0.4 is 11.1 Å². The van der Waals surface area contributed by atoms with Gasteiger partial charge in [-0.15, -0.1) is 0 Å². The van der Waals surface area contributed by atoms with Crippen molar-refractivity contribution in [3.63, 3.8) is 0 Å². The highest BCUT2D eigenvalue weighted by Gasteiger charge is 2.15. The molecule has 0 fully saturated rings. The van der Waals surface area contributed by atoms with E-state index >= 15 is 0 Å². The van der Waals surface area contributed by atoms with Gasteiger partial charge in [0.1, 0.15) is 16.0 Å². The van der Waals surface area contributed by atoms with Gasteiger partial charge in [-0.2, -0.15) is 4.98 Å². The van der Waals surface area contributed by atoms with Crippen LogP contribution in [0.5, 0.6) is 0 Å². The van der Waals surface area contributed by atoms with Gasteiger partial charge in [-0.1, -0.05) is 25.4 Å². The van der Waals surface area contributed by atoms with E-state index < -0.39 is 11.1 Å². The van der Waals surface area contributed by atoms with Crippen molar-refractivity contribution in [1.29, 1.82) is 0 Å². The molecule has 0 unspecified atom stereocenters. The molecule has 0 saturated carbocycles. The molecule has 7 nitrogen and oxygen atoms in total. The van der Waals surface area contributed by atoms with Crippen LogP contribution in [0.4, 0.5) is 0 Å². The fourth-order valence-corrected chi connectivity index (χ4v) is 2.59. The molecule has 0 aromatic carbocycles. The summed E-state index contributed by atoms with van der Waals surface area (Å²) in [6.45, 7) is 5.71. The fourth-order valence-electron chi connectivity index (χ4n) is 1.48. The first-order chi connectivity index (χ1) is 9.79. The monoisotopic (exact) mass is 327 g/mol. The van der Waals surface area contributed by atoms with Gasteiger partial charge in [-0.3, -0.25) is 19.4 Å². The molecule has 0 amide bonds. The van der Waals surface area contributed by atoms with Crippen LogP contribution in [-0.2, 0) is 7.05 Å². The maximum absolute atomic E-state index is 11.4. The van der Waals surface area contributed by atoms with Crippen molar-refractivity contribution in [2.75, 3.05) is 0 Å². The van der Waals surface area contributed by atoms with Crippen molar-refractivity contribution in [2.24, 2.45) is 7.05 Å². The number of halogens is 1. The Morgan fingerprint density at radius 2 is 1.90 bits per heavy atom. The average Bonchev–Trinajstić information content (AvgIpc) is 2.40. The molecule has 112 valence electrons. The zero-order chi connectivity index (χ0) is 15.7. The third-order valence-electron chi connectivity index (χ3n) is 2.71. The predicted octanol–water partition coefficient (Wildman–Crippen LogP) is 1.50. The first-order valence-corrected chi connectivity index (χ1v) is 7.38. The summed E-state index contributed by atoms with van der Waals surface area (Å²) in [5.41, 5.74) is -0.897. The molecule has 21 heavy (non-hydrogen) atoms. The second-order valence-electron chi connectivity index (χ2n) is 4.76. The lowest BCUT2D eigenvalue weighted by Gasteiger charge is -2.11. The van der Waals surface area contributed by atoms with Crippen molar-refractivity contribution in [3.8, 4) is 0 Å². The zero-order valence-corrected chi connectivity index (χ0v) is 13.5. The Morgan fingerprint density at radius 1 is 1.24 bits per heavy atom. The number of aryl methyl sites for hydroxylation is 1. The lowest BCUT2D eigenvalue weighted by Crippen LogP contribution is -2.33. The number of hydrogen-bond acceptors (Lipinski definition) is 6. The molecule has 0 saturated heterocycles. The summed E-state index contributed by atoms with van der Waals surface area (Å²) in [7, 11) is 1.59. The molecule has 9 heteroatoms. The van der Waals surface area contributed by atoms with E-state index in [0.29, 0.717) is 26.7 Å². The maximum Gasteiger partial charge on any atom is 0.339 e. The summed E-state index contributed by atoms with van der Waals surface area (Å²) in [6.07, 6.45) is 0. The van der Waals surface area contributed by atoms with Crippen LogP contribution in [-0.4, -0.2) is 24.7 Å². The molecule has 0 atom stereocenters. The Kier molecular flexibility index (Phi) is 4.48. The molecule has 1 N–H and O–H groups in total. The van der Waals surface area contributed by atoms with Crippen molar-refractivity contribution in [3.05, 3.63) is 37.2 Å². The minimum Gasteiger partial charge on any atom is -0.265 e. The summed E-state index contributed by atoms with van der Waals surface area (Å²) in [5.74, 6) is 0.734. The normalized spacial score (nSPS) is 11.1. The van der Waals surface area contributed by atoms with Gasteiger partial charge in [-0.25, -0.2) is 9.97 Å². The molecule has 2 aromatic rings. The number of H-pyrrole nitrogens is 1. The maximum atomic E-state index is 11.4. The van der Waals surface area contributed by atoms with Gasteiger partial charge in [-0.05, 0) is 18.7 Å². The first kappa shape index (κ1) is 15.7. The average molecular weight is 328 g/mol. The summed E-state index contributed by atoms with van der Waals surface area (Å²) >= 11 is 7.27. The van der Waals surface area contributed by atoms with E-state index in [0.717, 1.165) is 11.8 Å². The van der Waals surface area contributed by atoms with E-state index in [4.69, 9.17) is 11.6 Å². The van der Waals surface area contributed by atoms with Gasteiger partial charge in [0.2, 0.25) is 0 Å². The largest absolute Gasteiger partial charge is 0.339 e. The van der Waals surface area contributed by atoms with E-state index in [1.165, 1.54) is 4.68 Å². The minimum atomic E-state index is -0.836. The van der Waals surface area contributed by atoms with Crippen LogP contribution in [0.1, 0.15) is 31.2 Å². The molecule has 0 aliphatic heterocycles. The lowest BCUT2D eigenvalue weighted by atomic mass is 10.2. The van der Waals surface area contributed by atoms with Crippen molar-refractivity contribution in [1.82, 2.24) is 24.7 Å². The van der Waals surface area contributed by atoms with E-state index in [2.05, 4.69) is 20.1 Å². The molecular weight excluding hydrogens is 314 g/mol. The number of hydrogen-bond donors (Lipinski definition) is 1. The molecule has 2 rings (SSSR count). The number of rotatable bonds is 3. The van der Waals surface area contributed by atoms with E-state index in [1.807, 2.05) is 13.8 Å². The summed E-state index contributed by atoms with van der Waals surface area (Å²) in [5, 5.41) is 3.68. The molecule has 0 radical (unpaired) electrons. The second-order valence-corrected chi connectivity index (χ2v) is 6.07. The second kappa shape index (κ2) is 5.98. The number of aromatic nitrogens is 5. The van der Waals surface area contributed by atoms with E-state index in [1.54, 1.807) is 14.0 Å². The van der Waals surface area contributed by atoms with Crippen molar-refractivity contribution >= 4 is 23.4 Å². The third-order valence-corrected chi connectivity index (χ3v) is 4.22. The third kappa shape index (κ3) is 3.33. The highest BCUT2D eigenvalue weighted by molar-refractivity contribution is 7.99. The van der Waals surface area contributed by atoms with Gasteiger partial charge in [0.15, 0.2) is 5.16 Å². The smallest absolute Gasteiger partial charge is 0.265 e. The van der Waals surface area contributed by atoms with Crippen LogP contribution in [0.15, 0.2) is 19.8 Å². The van der Waals surface area contributed by atoms with Crippen LogP contribution in [0.2, 0.25) is 5.15 Å². The summed E-state index contributed by atoms with van der Waals surface area (Å²) < 4.78 is 1.37. The predicted molar refractivity (Wildman–Crippen MR) is 80.1 cm³/mol. The minimum absolute atomic E-state index is 0.120. The summed E-state index contributed by atoms with van der Waals surface area (Å²) in [6, 6.07) is 0. The topological polar surface area (TPSA) is 93.5 Å². The Morgan fingerprint density at radius 3 is 2.52 bits per heavy atom. The van der Waals surface area contributed by atoms with Gasteiger partial charge in [0, 0.05) is 18.5 Å². The Labute approximate surface area is 129 Å². The SMILES string of the molecule is Cc1c(Cl)nc(C(C)C)nc1Sc1nc(=O)c(=O)[nH]n1C. The quantitative estimate of drug-likeness (QED) is 0.678. The van der Waals surface area contributed by atoms with Crippen molar-refractivity contribution in [2.45, 2.75) is 36.9 Å². The highest BCUT2D eigenvalue weighted by Crippen LogP contribution is 2.30. The standard InChI is InChI=1S/C12H14ClN5O2S/c1-5(2)8-14-7(13)6(3)11(15-8)21-12-16-9(19)10(20)17-18(12)4/h5H,1-4H3,(H,17,20). The van der Waals surface area contributed by atoms with E-state index in [9.17, 15) is 9.59 Å². The lowest BCUT2D eigenvalue weighted by molar-refractivity contribution is 0.595. The Bertz CT molecular complexity index is 799. The Balaban J connectivity index is 2.51. The number of nitrogens with one attached hydrogen (secondary N) is 1. The molecule has 2 aromatic heterocycles. The highest BCUT2D eigenvalue weighted by atomic mass is 35.5. The molecule has 0 spiro atoms. The number of nitrogens with zero attached hydrogens (tertiary/aromatic N) is 4. The van der Waals surface area contributed by atoms with Crippen LogP contribution >= 0.6 is 23.4 Å². The molecule has 0 aliphatic carbocycles. The Hall–Kier alpha value is -1.67. The van der Waals surface area contributed by atoms with Crippen LogP contribution in [0.3, 0.4) is 0 Å². The van der Waals surface area contributed by atoms with Crippen molar-refractivity contribution < 1.29 is 0 Å². The molecular formula is C12H14ClN5O2S. The van der Waals surface area contributed by atoms with Gasteiger partial charge in [0.05, 0.1) is 0 Å². The van der Waals surface area contributed by atoms with E-state index in [-0.39, 0.29) is 5.92 Å². The number of aromatic amines is 1. The van der Waals surface area contributed by atoms with Gasteiger partial charge < -0.3 is 0 Å². The van der Waals surface area contributed by atoms with Crippen LogP contribution in [0.25, 0.3) is 0 Å². The van der Waals surface area contributed by atoms with Gasteiger partial charge >= 0.3 is 11.1 Å². The molecule has 2 heterocycles. The van der Waals surface area contributed by atoms with Gasteiger partial charge in [0.25, 0.3) is 0 Å². The first-order valence-electron chi connectivity index (χ1n) is 6.18. The van der Waals surface area contributed by atoms with Crippen LogP contribution in [0, 0.1) is 6.92 Å². The zero-order valence-electron chi connectivity index (χ0n) is 12.0.